The number of benzene rings is 2. The van der Waals surface area contributed by atoms with Crippen molar-refractivity contribution in [2.24, 2.45) is 5.92 Å². The minimum atomic E-state index is -0.293. The monoisotopic (exact) mass is 406 g/mol. The standard InChI is InChI=1S/C23H26N4O3/c1-16(2)22(28)25-21-15-20(26-27(21)18-7-5-4-6-8-18)23(29)24-14-13-17-9-11-19(30-3)12-10-17/h4-12,15-16H,13-14H2,1-3H3,(H,24,29)(H,25,28). The minimum absolute atomic E-state index is 0.140. The summed E-state index contributed by atoms with van der Waals surface area (Å²) in [6.07, 6.45) is 0.687. The lowest BCUT2D eigenvalue weighted by molar-refractivity contribution is -0.118. The zero-order chi connectivity index (χ0) is 21.5. The van der Waals surface area contributed by atoms with E-state index < -0.39 is 0 Å². The van der Waals surface area contributed by atoms with Gasteiger partial charge in [0, 0.05) is 18.5 Å². The molecule has 0 fully saturated rings. The Balaban J connectivity index is 1.71. The summed E-state index contributed by atoms with van der Waals surface area (Å²) in [5, 5.41) is 10.1. The Kier molecular flexibility index (Phi) is 6.85. The summed E-state index contributed by atoms with van der Waals surface area (Å²) in [5.41, 5.74) is 2.09. The maximum absolute atomic E-state index is 12.6. The largest absolute Gasteiger partial charge is 0.497 e. The van der Waals surface area contributed by atoms with Gasteiger partial charge >= 0.3 is 0 Å². The number of aromatic nitrogens is 2. The van der Waals surface area contributed by atoms with Gasteiger partial charge in [-0.15, -0.1) is 0 Å². The van der Waals surface area contributed by atoms with E-state index in [1.165, 1.54) is 0 Å². The number of methoxy groups -OCH3 is 1. The Bertz CT molecular complexity index is 995. The number of hydrogen-bond acceptors (Lipinski definition) is 4. The Hall–Kier alpha value is -3.61. The number of para-hydroxylation sites is 1. The van der Waals surface area contributed by atoms with Crippen molar-refractivity contribution in [1.82, 2.24) is 15.1 Å². The molecule has 0 atom stereocenters. The van der Waals surface area contributed by atoms with E-state index in [2.05, 4.69) is 15.7 Å². The molecule has 30 heavy (non-hydrogen) atoms. The maximum atomic E-state index is 12.6. The van der Waals surface area contributed by atoms with Crippen molar-refractivity contribution in [3.63, 3.8) is 0 Å². The fourth-order valence-electron chi connectivity index (χ4n) is 2.82. The highest BCUT2D eigenvalue weighted by atomic mass is 16.5. The van der Waals surface area contributed by atoms with Crippen LogP contribution in [0.1, 0.15) is 29.9 Å². The first kappa shape index (κ1) is 21.1. The number of carbonyl (C=O) groups excluding carboxylic acids is 2. The predicted molar refractivity (Wildman–Crippen MR) is 116 cm³/mol. The zero-order valence-electron chi connectivity index (χ0n) is 17.4. The van der Waals surface area contributed by atoms with Crippen LogP contribution in [0.15, 0.2) is 60.7 Å². The number of anilines is 1. The van der Waals surface area contributed by atoms with Crippen LogP contribution in [0.4, 0.5) is 5.82 Å². The summed E-state index contributed by atoms with van der Waals surface area (Å²) in [4.78, 5) is 24.8. The third-order valence-electron chi connectivity index (χ3n) is 4.58. The molecular formula is C23H26N4O3. The lowest BCUT2D eigenvalue weighted by Gasteiger charge is -2.10. The van der Waals surface area contributed by atoms with Gasteiger partial charge in [-0.1, -0.05) is 44.2 Å². The van der Waals surface area contributed by atoms with Gasteiger partial charge in [0.25, 0.3) is 5.91 Å². The van der Waals surface area contributed by atoms with Crippen molar-refractivity contribution in [2.75, 3.05) is 19.0 Å². The van der Waals surface area contributed by atoms with Crippen LogP contribution in [0.25, 0.3) is 5.69 Å². The Morgan fingerprint density at radius 3 is 2.40 bits per heavy atom. The van der Waals surface area contributed by atoms with Crippen molar-refractivity contribution in [1.29, 1.82) is 0 Å². The summed E-state index contributed by atoms with van der Waals surface area (Å²) in [6.45, 7) is 4.09. The summed E-state index contributed by atoms with van der Waals surface area (Å²) >= 11 is 0. The second-order valence-corrected chi connectivity index (χ2v) is 7.16. The Labute approximate surface area is 176 Å². The summed E-state index contributed by atoms with van der Waals surface area (Å²) in [5.74, 6) is 0.632. The number of nitrogens with zero attached hydrogens (tertiary/aromatic N) is 2. The van der Waals surface area contributed by atoms with Crippen LogP contribution in [0.2, 0.25) is 0 Å². The van der Waals surface area contributed by atoms with Crippen LogP contribution in [-0.2, 0) is 11.2 Å². The van der Waals surface area contributed by atoms with Gasteiger partial charge in [-0.05, 0) is 36.2 Å². The number of nitrogens with one attached hydrogen (secondary N) is 2. The van der Waals surface area contributed by atoms with Crippen LogP contribution < -0.4 is 15.4 Å². The Morgan fingerprint density at radius 2 is 1.77 bits per heavy atom. The summed E-state index contributed by atoms with van der Waals surface area (Å²) in [6, 6.07) is 18.7. The second-order valence-electron chi connectivity index (χ2n) is 7.16. The average Bonchev–Trinajstić information content (AvgIpc) is 3.18. The molecule has 7 heteroatoms. The third kappa shape index (κ3) is 5.26. The highest BCUT2D eigenvalue weighted by Crippen LogP contribution is 2.18. The topological polar surface area (TPSA) is 85.3 Å². The van der Waals surface area contributed by atoms with Crippen LogP contribution in [-0.4, -0.2) is 35.2 Å². The first-order valence-corrected chi connectivity index (χ1v) is 9.85. The molecule has 0 radical (unpaired) electrons. The number of amides is 2. The number of hydrogen-bond donors (Lipinski definition) is 2. The maximum Gasteiger partial charge on any atom is 0.271 e. The number of rotatable bonds is 8. The highest BCUT2D eigenvalue weighted by molar-refractivity contribution is 5.96. The summed E-state index contributed by atoms with van der Waals surface area (Å²) in [7, 11) is 1.63. The Morgan fingerprint density at radius 1 is 1.07 bits per heavy atom. The van der Waals surface area contributed by atoms with Crippen LogP contribution in [0.3, 0.4) is 0 Å². The van der Waals surface area contributed by atoms with E-state index in [4.69, 9.17) is 4.74 Å². The molecule has 7 nitrogen and oxygen atoms in total. The van der Waals surface area contributed by atoms with E-state index >= 15 is 0 Å². The quantitative estimate of drug-likeness (QED) is 0.600. The van der Waals surface area contributed by atoms with Crippen molar-refractivity contribution in [2.45, 2.75) is 20.3 Å². The molecule has 3 aromatic rings. The van der Waals surface area contributed by atoms with Crippen LogP contribution >= 0.6 is 0 Å². The van der Waals surface area contributed by atoms with Crippen molar-refractivity contribution in [3.05, 3.63) is 71.9 Å². The molecule has 2 N–H and O–H groups in total. The first-order chi connectivity index (χ1) is 14.5. The molecule has 2 aromatic carbocycles. The molecule has 0 saturated heterocycles. The summed E-state index contributed by atoms with van der Waals surface area (Å²) < 4.78 is 6.72. The molecule has 0 spiro atoms. The molecule has 3 rings (SSSR count). The van der Waals surface area contributed by atoms with Gasteiger partial charge in [-0.2, -0.15) is 5.10 Å². The third-order valence-corrected chi connectivity index (χ3v) is 4.58. The lowest BCUT2D eigenvalue weighted by Crippen LogP contribution is -2.26. The van der Waals surface area contributed by atoms with Gasteiger partial charge in [-0.3, -0.25) is 9.59 Å². The van der Waals surface area contributed by atoms with E-state index in [9.17, 15) is 9.59 Å². The van der Waals surface area contributed by atoms with Gasteiger partial charge in [0.2, 0.25) is 5.91 Å². The van der Waals surface area contributed by atoms with Crippen LogP contribution in [0, 0.1) is 5.92 Å². The molecule has 0 aliphatic heterocycles. The van der Waals surface area contributed by atoms with Crippen molar-refractivity contribution < 1.29 is 14.3 Å². The van der Waals surface area contributed by atoms with Gasteiger partial charge in [0.05, 0.1) is 12.8 Å². The molecule has 2 amide bonds. The van der Waals surface area contributed by atoms with Crippen LogP contribution in [0.5, 0.6) is 5.75 Å². The predicted octanol–water partition coefficient (Wildman–Crippen LogP) is 3.45. The SMILES string of the molecule is COc1ccc(CCNC(=O)c2cc(NC(=O)C(C)C)n(-c3ccccc3)n2)cc1. The molecule has 0 aliphatic rings. The van der Waals surface area contributed by atoms with E-state index in [1.807, 2.05) is 68.4 Å². The molecule has 1 heterocycles. The second kappa shape index (κ2) is 9.73. The zero-order valence-corrected chi connectivity index (χ0v) is 17.4. The molecule has 156 valence electrons. The fourth-order valence-corrected chi connectivity index (χ4v) is 2.82. The van der Waals surface area contributed by atoms with E-state index in [0.717, 1.165) is 17.0 Å². The number of carbonyl (C=O) groups is 2. The molecule has 0 aliphatic carbocycles. The highest BCUT2D eigenvalue weighted by Gasteiger charge is 2.18. The van der Waals surface area contributed by atoms with Gasteiger partial charge in [-0.25, -0.2) is 4.68 Å². The first-order valence-electron chi connectivity index (χ1n) is 9.85. The van der Waals surface area contributed by atoms with Crippen molar-refractivity contribution >= 4 is 17.6 Å². The molecular weight excluding hydrogens is 380 g/mol. The molecule has 1 aromatic heterocycles. The lowest BCUT2D eigenvalue weighted by atomic mass is 10.1. The van der Waals surface area contributed by atoms with E-state index in [0.29, 0.717) is 18.8 Å². The van der Waals surface area contributed by atoms with Gasteiger partial charge in [0.1, 0.15) is 11.6 Å². The molecule has 0 bridgehead atoms. The van der Waals surface area contributed by atoms with E-state index in [-0.39, 0.29) is 23.4 Å². The molecule has 0 unspecified atom stereocenters. The van der Waals surface area contributed by atoms with Gasteiger partial charge < -0.3 is 15.4 Å². The number of ether oxygens (including phenoxy) is 1. The van der Waals surface area contributed by atoms with Gasteiger partial charge in [0.15, 0.2) is 5.69 Å². The fraction of sp³-hybridized carbons (Fsp3) is 0.261. The molecule has 0 saturated carbocycles. The average molecular weight is 406 g/mol. The smallest absolute Gasteiger partial charge is 0.271 e. The minimum Gasteiger partial charge on any atom is -0.497 e. The van der Waals surface area contributed by atoms with Crippen molar-refractivity contribution in [3.8, 4) is 11.4 Å². The van der Waals surface area contributed by atoms with E-state index in [1.54, 1.807) is 17.9 Å². The normalized spacial score (nSPS) is 10.7.